The third kappa shape index (κ3) is 5.13. The highest BCUT2D eigenvalue weighted by molar-refractivity contribution is 6.35. The van der Waals surface area contributed by atoms with Gasteiger partial charge in [-0.15, -0.1) is 0 Å². The van der Waals surface area contributed by atoms with Crippen LogP contribution in [-0.2, 0) is 9.59 Å². The van der Waals surface area contributed by atoms with E-state index in [9.17, 15) is 9.59 Å². The summed E-state index contributed by atoms with van der Waals surface area (Å²) in [4.78, 5) is 27.4. The molecule has 148 valence electrons. The van der Waals surface area contributed by atoms with Crippen LogP contribution in [0.15, 0.2) is 18.2 Å². The summed E-state index contributed by atoms with van der Waals surface area (Å²) in [6, 6.07) is 4.42. The van der Waals surface area contributed by atoms with Gasteiger partial charge in [0.1, 0.15) is 12.1 Å². The molecule has 3 unspecified atom stereocenters. The Morgan fingerprint density at radius 3 is 2.59 bits per heavy atom. The zero-order chi connectivity index (χ0) is 19.6. The molecule has 2 amide bonds. The molecule has 8 heteroatoms. The van der Waals surface area contributed by atoms with Crippen LogP contribution in [0.5, 0.6) is 0 Å². The van der Waals surface area contributed by atoms with Gasteiger partial charge in [0.05, 0.1) is 0 Å². The molecule has 1 aromatic carbocycles. The predicted molar refractivity (Wildman–Crippen MR) is 108 cm³/mol. The van der Waals surface area contributed by atoms with Gasteiger partial charge in [-0.25, -0.2) is 5.43 Å². The molecular weight excluding hydrogens is 387 g/mol. The van der Waals surface area contributed by atoms with Gasteiger partial charge in [0.2, 0.25) is 11.8 Å². The van der Waals surface area contributed by atoms with Crippen LogP contribution in [-0.4, -0.2) is 41.4 Å². The summed E-state index contributed by atoms with van der Waals surface area (Å²) in [6.07, 6.45) is 3.22. The fourth-order valence-corrected chi connectivity index (χ4v) is 4.39. The zero-order valence-electron chi connectivity index (χ0n) is 15.6. The molecule has 27 heavy (non-hydrogen) atoms. The number of hydrogen-bond acceptors (Lipinski definition) is 4. The second-order valence-corrected chi connectivity index (χ2v) is 8.61. The maximum absolute atomic E-state index is 13.0. The van der Waals surface area contributed by atoms with Gasteiger partial charge in [0.25, 0.3) is 0 Å². The number of halogens is 2. The van der Waals surface area contributed by atoms with Gasteiger partial charge in [-0.3, -0.25) is 15.0 Å². The number of hydrogen-bond donors (Lipinski definition) is 3. The highest BCUT2D eigenvalue weighted by atomic mass is 35.5. The molecule has 0 aliphatic carbocycles. The number of amides is 2. The highest BCUT2D eigenvalue weighted by Gasteiger charge is 2.39. The number of nitrogens with one attached hydrogen (secondary N) is 3. The Kier molecular flexibility index (Phi) is 6.63. The molecule has 3 atom stereocenters. The topological polar surface area (TPSA) is 73.5 Å². The summed E-state index contributed by atoms with van der Waals surface area (Å²) in [6.45, 7) is 4.93. The first-order valence-electron chi connectivity index (χ1n) is 9.42. The standard InChI is InChI=1S/C19H26Cl2N4O2/c1-11(2)6-15-10-16(24-23-15)19(27)25-5-3-4-17(25)18(26)22-14-8-12(20)7-13(21)9-14/h7-9,11,15-17,23-24H,3-6,10H2,1-2H3,(H,22,26). The largest absolute Gasteiger partial charge is 0.329 e. The van der Waals surface area contributed by atoms with Crippen LogP contribution in [0.3, 0.4) is 0 Å². The van der Waals surface area contributed by atoms with E-state index in [0.29, 0.717) is 34.6 Å². The van der Waals surface area contributed by atoms with Crippen LogP contribution < -0.4 is 16.2 Å². The van der Waals surface area contributed by atoms with Crippen molar-refractivity contribution in [3.05, 3.63) is 28.2 Å². The first kappa shape index (κ1) is 20.4. The molecule has 3 rings (SSSR count). The Balaban J connectivity index is 1.62. The number of anilines is 1. The van der Waals surface area contributed by atoms with Crippen molar-refractivity contribution in [2.24, 2.45) is 5.92 Å². The van der Waals surface area contributed by atoms with E-state index in [-0.39, 0.29) is 23.9 Å². The van der Waals surface area contributed by atoms with E-state index < -0.39 is 6.04 Å². The third-order valence-electron chi connectivity index (χ3n) is 5.00. The van der Waals surface area contributed by atoms with E-state index in [0.717, 1.165) is 19.3 Å². The summed E-state index contributed by atoms with van der Waals surface area (Å²) in [5.41, 5.74) is 6.85. The molecule has 3 N–H and O–H groups in total. The number of likely N-dealkylation sites (tertiary alicyclic amines) is 1. The Bertz CT molecular complexity index is 693. The Labute approximate surface area is 169 Å². The SMILES string of the molecule is CC(C)CC1CC(C(=O)N2CCCC2C(=O)Nc2cc(Cl)cc(Cl)c2)NN1. The normalized spacial score (nSPS) is 25.2. The van der Waals surface area contributed by atoms with Crippen molar-refractivity contribution in [1.82, 2.24) is 15.8 Å². The molecule has 1 aromatic rings. The molecule has 2 aliphatic heterocycles. The van der Waals surface area contributed by atoms with Crippen LogP contribution in [0.2, 0.25) is 10.0 Å². The fourth-order valence-electron chi connectivity index (χ4n) is 3.86. The number of carbonyl (C=O) groups excluding carboxylic acids is 2. The quantitative estimate of drug-likeness (QED) is 0.693. The third-order valence-corrected chi connectivity index (χ3v) is 5.44. The van der Waals surface area contributed by atoms with Crippen molar-refractivity contribution in [3.8, 4) is 0 Å². The van der Waals surface area contributed by atoms with Crippen molar-refractivity contribution >= 4 is 40.7 Å². The van der Waals surface area contributed by atoms with Gasteiger partial charge < -0.3 is 10.2 Å². The van der Waals surface area contributed by atoms with Gasteiger partial charge in [-0.1, -0.05) is 37.0 Å². The minimum Gasteiger partial charge on any atom is -0.329 e. The number of carbonyl (C=O) groups is 2. The molecule has 0 saturated carbocycles. The summed E-state index contributed by atoms with van der Waals surface area (Å²) >= 11 is 12.0. The number of benzene rings is 1. The maximum Gasteiger partial charge on any atom is 0.247 e. The van der Waals surface area contributed by atoms with Gasteiger partial charge in [-0.2, -0.15) is 0 Å². The maximum atomic E-state index is 13.0. The van der Waals surface area contributed by atoms with E-state index in [1.165, 1.54) is 0 Å². The average molecular weight is 413 g/mol. The lowest BCUT2D eigenvalue weighted by atomic mass is 9.99. The summed E-state index contributed by atoms with van der Waals surface area (Å²) in [5, 5.41) is 3.74. The van der Waals surface area contributed by atoms with E-state index >= 15 is 0 Å². The number of hydrazine groups is 1. The molecule has 0 bridgehead atoms. The summed E-state index contributed by atoms with van der Waals surface area (Å²) in [7, 11) is 0. The minimum atomic E-state index is -0.471. The van der Waals surface area contributed by atoms with Crippen LogP contribution in [0, 0.1) is 5.92 Å². The van der Waals surface area contributed by atoms with Crippen LogP contribution in [0.4, 0.5) is 5.69 Å². The molecule has 0 radical (unpaired) electrons. The van der Waals surface area contributed by atoms with Crippen LogP contribution in [0.25, 0.3) is 0 Å². The average Bonchev–Trinajstić information content (AvgIpc) is 3.21. The Morgan fingerprint density at radius 1 is 1.22 bits per heavy atom. The number of rotatable bonds is 5. The van der Waals surface area contributed by atoms with Crippen molar-refractivity contribution in [2.45, 2.75) is 57.7 Å². The molecule has 6 nitrogen and oxygen atoms in total. The smallest absolute Gasteiger partial charge is 0.247 e. The molecule has 2 heterocycles. The lowest BCUT2D eigenvalue weighted by Crippen LogP contribution is -2.50. The molecule has 2 saturated heterocycles. The van der Waals surface area contributed by atoms with E-state index in [1.807, 2.05) is 0 Å². The highest BCUT2D eigenvalue weighted by Crippen LogP contribution is 2.25. The molecule has 0 aromatic heterocycles. The van der Waals surface area contributed by atoms with E-state index in [1.54, 1.807) is 23.1 Å². The second kappa shape index (κ2) is 8.78. The first-order valence-corrected chi connectivity index (χ1v) is 10.2. The molecule has 2 aliphatic rings. The first-order chi connectivity index (χ1) is 12.8. The van der Waals surface area contributed by atoms with Crippen molar-refractivity contribution in [2.75, 3.05) is 11.9 Å². The van der Waals surface area contributed by atoms with Gasteiger partial charge >= 0.3 is 0 Å². The molecular formula is C19H26Cl2N4O2. The van der Waals surface area contributed by atoms with Gasteiger partial charge in [0.15, 0.2) is 0 Å². The fraction of sp³-hybridized carbons (Fsp3) is 0.579. The predicted octanol–water partition coefficient (Wildman–Crippen LogP) is 3.20. The monoisotopic (exact) mass is 412 g/mol. The van der Waals surface area contributed by atoms with E-state index in [4.69, 9.17) is 23.2 Å². The second-order valence-electron chi connectivity index (χ2n) is 7.74. The van der Waals surface area contributed by atoms with Crippen molar-refractivity contribution in [1.29, 1.82) is 0 Å². The molecule has 2 fully saturated rings. The minimum absolute atomic E-state index is 0.0180. The van der Waals surface area contributed by atoms with Crippen molar-refractivity contribution < 1.29 is 9.59 Å². The zero-order valence-corrected chi connectivity index (χ0v) is 17.1. The van der Waals surface area contributed by atoms with E-state index in [2.05, 4.69) is 30.0 Å². The number of nitrogens with zero attached hydrogens (tertiary/aromatic N) is 1. The van der Waals surface area contributed by atoms with Crippen LogP contribution >= 0.6 is 23.2 Å². The van der Waals surface area contributed by atoms with Gasteiger partial charge in [0, 0.05) is 28.3 Å². The van der Waals surface area contributed by atoms with Crippen LogP contribution in [0.1, 0.15) is 39.5 Å². The van der Waals surface area contributed by atoms with Gasteiger partial charge in [-0.05, 0) is 49.8 Å². The molecule has 0 spiro atoms. The summed E-state index contributed by atoms with van der Waals surface area (Å²) < 4.78 is 0. The Morgan fingerprint density at radius 2 is 1.93 bits per heavy atom. The lowest BCUT2D eigenvalue weighted by Gasteiger charge is -2.26. The Hall–Kier alpha value is -1.34. The van der Waals surface area contributed by atoms with Crippen molar-refractivity contribution in [3.63, 3.8) is 0 Å². The lowest BCUT2D eigenvalue weighted by molar-refractivity contribution is -0.138. The summed E-state index contributed by atoms with van der Waals surface area (Å²) in [5.74, 6) is 0.340.